The van der Waals surface area contributed by atoms with Gasteiger partial charge in [0.1, 0.15) is 18.1 Å². The van der Waals surface area contributed by atoms with Gasteiger partial charge in [-0.25, -0.2) is 15.0 Å². The molecule has 4 atom stereocenters. The van der Waals surface area contributed by atoms with Crippen molar-refractivity contribution in [3.05, 3.63) is 226 Å². The molecule has 1 unspecified atom stereocenters. The Morgan fingerprint density at radius 3 is 2.07 bits per heavy atom. The molecule has 4 aliphatic carbocycles. The highest BCUT2D eigenvalue weighted by Crippen LogP contribution is 2.57. The second-order valence-corrected chi connectivity index (χ2v) is 33.9. The van der Waals surface area contributed by atoms with E-state index < -0.39 is 5.41 Å². The number of carbonyl (C=O) groups is 5. The lowest BCUT2D eigenvalue weighted by atomic mass is 9.53. The Balaban J connectivity index is 0.000000156. The van der Waals surface area contributed by atoms with Crippen molar-refractivity contribution in [1.29, 1.82) is 0 Å². The minimum Gasteiger partial charge on any atom is -0.468 e. The van der Waals surface area contributed by atoms with Crippen molar-refractivity contribution < 1.29 is 33.4 Å². The van der Waals surface area contributed by atoms with Crippen molar-refractivity contribution in [2.45, 2.75) is 161 Å². The molecule has 0 radical (unpaired) electrons. The highest BCUT2D eigenvalue weighted by Gasteiger charge is 2.51. The molecule has 3 aromatic heterocycles. The second kappa shape index (κ2) is 38.5. The Kier molecular flexibility index (Phi) is 29.4. The van der Waals surface area contributed by atoms with Gasteiger partial charge in [-0.3, -0.25) is 29.0 Å². The minimum absolute atomic E-state index is 0.0297. The number of aromatic nitrogens is 4. The molecule has 5 N–H and O–H groups in total. The summed E-state index contributed by atoms with van der Waals surface area (Å²) in [6.45, 7) is 16.3. The predicted molar refractivity (Wildman–Crippen MR) is 440 cm³/mol. The smallest absolute Gasteiger partial charge is 0.316 e. The number of H-pyrrole nitrogens is 1. The third-order valence-corrected chi connectivity index (χ3v) is 23.9. The topological polar surface area (TPSA) is 228 Å². The number of benzene rings is 6. The summed E-state index contributed by atoms with van der Waals surface area (Å²) < 4.78 is 13.7. The van der Waals surface area contributed by atoms with E-state index in [2.05, 4.69) is 121 Å². The highest BCUT2D eigenvalue weighted by atomic mass is 79.9. The molecule has 2 amide bonds. The standard InChI is InChI=1S/C26H34BrN3O2.C25H33N3OS.C22H25NO3.C13H11Cl2N3OS/c1-19(2)26(25(31)32-4,20-12-14-21(27)15-13-20)16-8-18-30(3)17-7-11-24-28-22-9-5-6-10-23(22)29-24;1-16(2)20-4-6-21(7-5-20)26-23(29)11-22-15-30-24(28(22)3)27-25-12-17-8-18(13-25)10-19(9-17)14-25;1-15-8-10-17(11-9-15)12-19-13-20(14-26-22(19)25)21(24)23-16(2)18-6-4-3-5-7-18;1-7(16)17-13-18-11(6-20-13)12(19)4-8-2-9(14)5-10(15)3-8/h5-6,9-10,12-15,19H,7-8,11,16-18H2,1-4H3,(H,28,29);4-7,15-19H,8-14H2,1-3H3,(H,26,29);3-11,16,19-20H,12-14H2,1-2H3,(H,23,24);2-3,5-6H,4H2,1H3,(H2,16,17,18)/t;;16-,19+,20-;/m..0./s1. The van der Waals surface area contributed by atoms with Crippen LogP contribution in [0.15, 0.2) is 171 Å². The van der Waals surface area contributed by atoms with Crippen LogP contribution in [0, 0.1) is 42.4 Å². The van der Waals surface area contributed by atoms with Gasteiger partial charge in [0.2, 0.25) is 16.9 Å². The van der Waals surface area contributed by atoms with Crippen LogP contribution < -0.4 is 21.2 Å². The van der Waals surface area contributed by atoms with Crippen LogP contribution in [-0.4, -0.2) is 99.2 Å². The third kappa shape index (κ3) is 22.8. The van der Waals surface area contributed by atoms with Crippen LogP contribution in [0.5, 0.6) is 0 Å². The summed E-state index contributed by atoms with van der Waals surface area (Å²) in [5, 5.41) is 11.3. The molecule has 0 spiro atoms. The number of hydrogen-bond acceptors (Lipinski definition) is 14. The summed E-state index contributed by atoms with van der Waals surface area (Å²) in [4.78, 5) is 87.4. The monoisotopic (exact) mass is 1600 g/mol. The van der Waals surface area contributed by atoms with Crippen molar-refractivity contribution in [2.24, 2.45) is 58.3 Å². The molecular weight excluding hydrogens is 1500 g/mol. The number of esters is 2. The molecule has 108 heavy (non-hydrogen) atoms. The van der Waals surface area contributed by atoms with E-state index in [-0.39, 0.29) is 71.9 Å². The van der Waals surface area contributed by atoms with Gasteiger partial charge in [0.25, 0.3) is 0 Å². The SMILES string of the molecule is CC(C)c1ccc(NC(=O)Cc2csc(=NC34CC5CC(CC(C5)C3)C4)n2C)cc1.CC(N)=Nc1nc(C(=O)Cc2cc(Cl)cc(Cl)c2)cs1.COC(=O)C(CCCN(C)CCCc1nc2ccccc2[nH]1)(c1ccc(Br)cc1)C(C)C.Cc1ccc(C[C@@H]2C[C@H](C(=O)N[C@@H](C)c3ccccc3)COC2=O)cc1. The number of imidazole rings is 1. The Morgan fingerprint density at radius 2 is 1.44 bits per heavy atom. The van der Waals surface area contributed by atoms with E-state index in [0.29, 0.717) is 51.9 Å². The number of nitrogens with zero attached hydrogens (tertiary/aromatic N) is 6. The Labute approximate surface area is 662 Å². The maximum Gasteiger partial charge on any atom is 0.316 e. The summed E-state index contributed by atoms with van der Waals surface area (Å²) in [6, 6.07) is 47.3. The maximum absolute atomic E-state index is 13.0. The molecule has 4 bridgehead atoms. The van der Waals surface area contributed by atoms with Gasteiger partial charge in [-0.1, -0.05) is 163 Å². The zero-order valence-corrected chi connectivity index (χ0v) is 68.5. The number of nitrogens with one attached hydrogen (secondary N) is 3. The Bertz CT molecular complexity index is 4520. The molecule has 9 aromatic rings. The second-order valence-electron chi connectivity index (χ2n) is 30.4. The quantitative estimate of drug-likeness (QED) is 0.0182. The predicted octanol–water partition coefficient (Wildman–Crippen LogP) is 18.5. The number of methoxy groups -OCH3 is 1. The van der Waals surface area contributed by atoms with Crippen LogP contribution in [0.3, 0.4) is 0 Å². The number of amides is 2. The molecule has 1 aliphatic heterocycles. The Hall–Kier alpha value is -8.11. The fourth-order valence-electron chi connectivity index (χ4n) is 15.8. The number of carbonyl (C=O) groups excluding carboxylic acids is 5. The normalized spacial score (nSPS) is 19.6. The summed E-state index contributed by atoms with van der Waals surface area (Å²) in [5.41, 5.74) is 15.8. The van der Waals surface area contributed by atoms with Gasteiger partial charge >= 0.3 is 11.9 Å². The number of Topliss-reactive ketones (excluding diaryl/α,β-unsaturated/α-hetero) is 1. The molecule has 4 saturated carbocycles. The maximum atomic E-state index is 13.0. The number of hydrogen-bond donors (Lipinski definition) is 4. The van der Waals surface area contributed by atoms with Crippen LogP contribution in [0.25, 0.3) is 11.0 Å². The van der Waals surface area contributed by atoms with Crippen molar-refractivity contribution in [1.82, 2.24) is 29.7 Å². The van der Waals surface area contributed by atoms with Crippen molar-refractivity contribution in [3.63, 3.8) is 0 Å². The van der Waals surface area contributed by atoms with Gasteiger partial charge < -0.3 is 40.3 Å². The molecule has 1 saturated heterocycles. The number of nitrogens with two attached hydrogens (primary N) is 1. The number of halogens is 3. The van der Waals surface area contributed by atoms with Crippen molar-refractivity contribution in [2.75, 3.05) is 39.2 Å². The molecule has 572 valence electrons. The number of cyclic esters (lactones) is 1. The molecule has 5 fully saturated rings. The zero-order valence-electron chi connectivity index (χ0n) is 63.7. The number of thiazole rings is 2. The number of rotatable bonds is 25. The summed E-state index contributed by atoms with van der Waals surface area (Å²) >= 11 is 18.3. The fraction of sp³-hybridized carbons (Fsp3) is 0.430. The summed E-state index contributed by atoms with van der Waals surface area (Å²) in [5.74, 6) is 3.72. The average molecular weight is 1600 g/mol. The molecule has 6 aromatic carbocycles. The van der Waals surface area contributed by atoms with Gasteiger partial charge in [0, 0.05) is 56.5 Å². The number of para-hydroxylation sites is 2. The summed E-state index contributed by atoms with van der Waals surface area (Å²) in [7, 11) is 5.70. The van der Waals surface area contributed by atoms with E-state index in [4.69, 9.17) is 43.4 Å². The largest absolute Gasteiger partial charge is 0.468 e. The first-order valence-corrected chi connectivity index (χ1v) is 40.9. The minimum atomic E-state index is -0.634. The van der Waals surface area contributed by atoms with Gasteiger partial charge in [0.05, 0.1) is 59.2 Å². The van der Waals surface area contributed by atoms with Crippen molar-refractivity contribution in [3.8, 4) is 0 Å². The number of amidine groups is 1. The number of ketones is 1. The molecule has 17 nitrogen and oxygen atoms in total. The first kappa shape index (κ1) is 82.4. The lowest BCUT2D eigenvalue weighted by Crippen LogP contribution is -2.50. The van der Waals surface area contributed by atoms with Crippen LogP contribution in [-0.2, 0) is 66.8 Å². The van der Waals surface area contributed by atoms with E-state index in [1.807, 2.05) is 123 Å². The van der Waals surface area contributed by atoms with Gasteiger partial charge in [-0.15, -0.1) is 22.7 Å². The third-order valence-electron chi connectivity index (χ3n) is 21.3. The number of aryl methyl sites for hydroxylation is 2. The number of aromatic amines is 1. The van der Waals surface area contributed by atoms with Crippen molar-refractivity contribution >= 4 is 119 Å². The van der Waals surface area contributed by atoms with Gasteiger partial charge in [-0.05, 0) is 224 Å². The molecule has 5 aliphatic rings. The summed E-state index contributed by atoms with van der Waals surface area (Å²) in [6.07, 6.45) is 13.5. The van der Waals surface area contributed by atoms with Gasteiger partial charge in [-0.2, -0.15) is 0 Å². The van der Waals surface area contributed by atoms with E-state index >= 15 is 0 Å². The van der Waals surface area contributed by atoms with E-state index in [1.54, 1.807) is 41.8 Å². The zero-order chi connectivity index (χ0) is 77.2. The van der Waals surface area contributed by atoms with E-state index in [0.717, 1.165) is 116 Å². The number of fused-ring (bicyclic) bond motifs is 1. The highest BCUT2D eigenvalue weighted by molar-refractivity contribution is 9.10. The molecule has 22 heteroatoms. The lowest BCUT2D eigenvalue weighted by Gasteiger charge is -2.54. The number of ether oxygens (including phenoxy) is 2. The van der Waals surface area contributed by atoms with Crippen LogP contribution in [0.2, 0.25) is 10.0 Å². The molecule has 14 rings (SSSR count). The Morgan fingerprint density at radius 1 is 0.796 bits per heavy atom. The average Bonchev–Trinajstić information content (AvgIpc) is 0.961. The van der Waals surface area contributed by atoms with Gasteiger partial charge in [0.15, 0.2) is 10.6 Å². The lowest BCUT2D eigenvalue weighted by molar-refractivity contribution is -0.158. The fourth-order valence-corrected chi connectivity index (χ4v) is 18.4. The molecule has 4 heterocycles. The van der Waals surface area contributed by atoms with E-state index in [9.17, 15) is 24.0 Å². The first-order chi connectivity index (χ1) is 51.7. The number of aliphatic imine (C=N–C) groups is 1. The van der Waals surface area contributed by atoms with Crippen LogP contribution >= 0.6 is 61.8 Å². The van der Waals surface area contributed by atoms with Crippen LogP contribution in [0.1, 0.15) is 173 Å². The first-order valence-electron chi connectivity index (χ1n) is 37.6. The van der Waals surface area contributed by atoms with E-state index in [1.165, 1.54) is 68.1 Å². The number of anilines is 1. The molecular formula is C86H103BrCl2N10O7S2. The van der Waals surface area contributed by atoms with Crippen LogP contribution in [0.4, 0.5) is 10.8 Å².